The van der Waals surface area contributed by atoms with E-state index in [0.29, 0.717) is 6.61 Å². The van der Waals surface area contributed by atoms with Gasteiger partial charge in [-0.1, -0.05) is 30.7 Å². The number of hydrogen-bond acceptors (Lipinski definition) is 4. The van der Waals surface area contributed by atoms with Crippen molar-refractivity contribution >= 4 is 33.2 Å². The van der Waals surface area contributed by atoms with E-state index in [1.807, 2.05) is 19.1 Å². The Labute approximate surface area is 175 Å². The molecule has 29 heavy (non-hydrogen) atoms. The fourth-order valence-electron chi connectivity index (χ4n) is 2.86. The summed E-state index contributed by atoms with van der Waals surface area (Å²) in [5, 5.41) is 2.54. The maximum absolute atomic E-state index is 13.5. The number of sulfonamides is 1. The molecule has 0 aromatic heterocycles. The number of hydrogen-bond donors (Lipinski definition) is 1. The maximum atomic E-state index is 13.5. The molecule has 2 rings (SSSR count). The molecule has 1 atom stereocenters. The largest absolute Gasteiger partial charge is 0.494 e. The fraction of sp³-hybridized carbons (Fsp3) is 0.350. The SMILES string of the molecule is CCOc1ccc(CNC(=O)C(CC)N(c2ccc(F)c(Cl)c2)S(C)(=O)=O)cc1. The maximum Gasteiger partial charge on any atom is 0.244 e. The smallest absolute Gasteiger partial charge is 0.244 e. The van der Waals surface area contributed by atoms with Crippen LogP contribution < -0.4 is 14.4 Å². The predicted molar refractivity (Wildman–Crippen MR) is 112 cm³/mol. The molecular formula is C20H24ClFN2O4S. The minimum absolute atomic E-state index is 0.127. The molecular weight excluding hydrogens is 419 g/mol. The van der Waals surface area contributed by atoms with Gasteiger partial charge in [-0.05, 0) is 49.2 Å². The molecule has 9 heteroatoms. The number of anilines is 1. The van der Waals surface area contributed by atoms with E-state index in [0.717, 1.165) is 27.9 Å². The third-order valence-corrected chi connectivity index (χ3v) is 5.66. The number of carbonyl (C=O) groups is 1. The van der Waals surface area contributed by atoms with Crippen LogP contribution in [0.15, 0.2) is 42.5 Å². The summed E-state index contributed by atoms with van der Waals surface area (Å²) in [6.45, 7) is 4.37. The van der Waals surface area contributed by atoms with Crippen LogP contribution in [0.5, 0.6) is 5.75 Å². The van der Waals surface area contributed by atoms with Gasteiger partial charge in [0, 0.05) is 6.54 Å². The number of benzene rings is 2. The van der Waals surface area contributed by atoms with Gasteiger partial charge in [0.15, 0.2) is 0 Å². The van der Waals surface area contributed by atoms with Gasteiger partial charge < -0.3 is 10.1 Å². The third-order valence-electron chi connectivity index (χ3n) is 4.19. The van der Waals surface area contributed by atoms with Gasteiger partial charge in [0.05, 0.1) is 23.6 Å². The first-order chi connectivity index (χ1) is 13.7. The van der Waals surface area contributed by atoms with E-state index in [2.05, 4.69) is 5.32 Å². The Morgan fingerprint density at radius 2 is 1.86 bits per heavy atom. The van der Waals surface area contributed by atoms with E-state index < -0.39 is 27.8 Å². The zero-order valence-electron chi connectivity index (χ0n) is 16.5. The Hall–Kier alpha value is -2.32. The van der Waals surface area contributed by atoms with Gasteiger partial charge in [0.1, 0.15) is 17.6 Å². The molecule has 0 spiro atoms. The average Bonchev–Trinajstić information content (AvgIpc) is 2.67. The second kappa shape index (κ2) is 9.93. The average molecular weight is 443 g/mol. The van der Waals surface area contributed by atoms with E-state index in [9.17, 15) is 17.6 Å². The van der Waals surface area contributed by atoms with Crippen LogP contribution in [-0.4, -0.2) is 33.2 Å². The van der Waals surface area contributed by atoms with E-state index in [-0.39, 0.29) is 23.7 Å². The van der Waals surface area contributed by atoms with E-state index in [1.165, 1.54) is 12.1 Å². The van der Waals surface area contributed by atoms with Gasteiger partial charge in [-0.15, -0.1) is 0 Å². The van der Waals surface area contributed by atoms with Crippen molar-refractivity contribution in [1.82, 2.24) is 5.32 Å². The van der Waals surface area contributed by atoms with Crippen LogP contribution in [0.2, 0.25) is 5.02 Å². The van der Waals surface area contributed by atoms with Crippen molar-refractivity contribution in [2.45, 2.75) is 32.9 Å². The Kier molecular flexibility index (Phi) is 7.87. The number of rotatable bonds is 9. The second-order valence-electron chi connectivity index (χ2n) is 6.38. The molecule has 2 aromatic carbocycles. The zero-order chi connectivity index (χ0) is 21.6. The van der Waals surface area contributed by atoms with Gasteiger partial charge in [-0.3, -0.25) is 9.10 Å². The highest BCUT2D eigenvalue weighted by Gasteiger charge is 2.31. The van der Waals surface area contributed by atoms with E-state index in [4.69, 9.17) is 16.3 Å². The summed E-state index contributed by atoms with van der Waals surface area (Å²) in [5.74, 6) is -0.408. The summed E-state index contributed by atoms with van der Waals surface area (Å²) in [6, 6.07) is 9.78. The summed E-state index contributed by atoms with van der Waals surface area (Å²) >= 11 is 5.80. The summed E-state index contributed by atoms with van der Waals surface area (Å²) in [5.41, 5.74) is 0.967. The van der Waals surface area contributed by atoms with Crippen LogP contribution in [0.3, 0.4) is 0 Å². The van der Waals surface area contributed by atoms with Gasteiger partial charge >= 0.3 is 0 Å². The molecule has 0 saturated heterocycles. The first-order valence-corrected chi connectivity index (χ1v) is 11.3. The molecule has 0 aliphatic carbocycles. The molecule has 0 saturated carbocycles. The lowest BCUT2D eigenvalue weighted by Gasteiger charge is -2.30. The number of nitrogens with one attached hydrogen (secondary N) is 1. The lowest BCUT2D eigenvalue weighted by Crippen LogP contribution is -2.49. The molecule has 158 valence electrons. The molecule has 0 bridgehead atoms. The van der Waals surface area contributed by atoms with Crippen molar-refractivity contribution in [3.8, 4) is 5.75 Å². The predicted octanol–water partition coefficient (Wildman–Crippen LogP) is 3.74. The molecule has 6 nitrogen and oxygen atoms in total. The van der Waals surface area contributed by atoms with Crippen molar-refractivity contribution < 1.29 is 22.3 Å². The van der Waals surface area contributed by atoms with Gasteiger partial charge in [-0.25, -0.2) is 12.8 Å². The highest BCUT2D eigenvalue weighted by molar-refractivity contribution is 7.92. The number of ether oxygens (including phenoxy) is 1. The normalized spacial score (nSPS) is 12.3. The molecule has 1 unspecified atom stereocenters. The first-order valence-electron chi connectivity index (χ1n) is 9.11. The number of amides is 1. The van der Waals surface area contributed by atoms with Crippen LogP contribution in [0, 0.1) is 5.82 Å². The van der Waals surface area contributed by atoms with Crippen LogP contribution in [0.25, 0.3) is 0 Å². The van der Waals surface area contributed by atoms with Crippen molar-refractivity contribution in [3.63, 3.8) is 0 Å². The van der Waals surface area contributed by atoms with Crippen molar-refractivity contribution in [2.24, 2.45) is 0 Å². The molecule has 0 aliphatic heterocycles. The summed E-state index contributed by atoms with van der Waals surface area (Å²) in [6.07, 6.45) is 1.21. The molecule has 1 N–H and O–H groups in total. The van der Waals surface area contributed by atoms with Crippen molar-refractivity contribution in [2.75, 3.05) is 17.2 Å². The molecule has 0 radical (unpaired) electrons. The van der Waals surface area contributed by atoms with E-state index >= 15 is 0 Å². The van der Waals surface area contributed by atoms with Gasteiger partial charge in [0.2, 0.25) is 15.9 Å². The lowest BCUT2D eigenvalue weighted by molar-refractivity contribution is -0.122. The standard InChI is InChI=1S/C20H24ClFN2O4S/c1-4-19(20(25)23-13-14-6-9-16(10-7-14)28-5-2)24(29(3,26)27)15-8-11-18(22)17(21)12-15/h6-12,19H,4-5,13H2,1-3H3,(H,23,25). The zero-order valence-corrected chi connectivity index (χ0v) is 18.1. The lowest BCUT2D eigenvalue weighted by atomic mass is 10.1. The highest BCUT2D eigenvalue weighted by Crippen LogP contribution is 2.27. The summed E-state index contributed by atoms with van der Waals surface area (Å²) in [4.78, 5) is 12.8. The van der Waals surface area contributed by atoms with Crippen LogP contribution in [0.1, 0.15) is 25.8 Å². The Morgan fingerprint density at radius 1 is 1.21 bits per heavy atom. The minimum atomic E-state index is -3.82. The molecule has 1 amide bonds. The molecule has 2 aromatic rings. The Balaban J connectivity index is 2.20. The Bertz CT molecular complexity index is 951. The second-order valence-corrected chi connectivity index (χ2v) is 8.64. The minimum Gasteiger partial charge on any atom is -0.494 e. The quantitative estimate of drug-likeness (QED) is 0.641. The van der Waals surface area contributed by atoms with E-state index in [1.54, 1.807) is 19.1 Å². The van der Waals surface area contributed by atoms with Gasteiger partial charge in [0.25, 0.3) is 0 Å². The summed E-state index contributed by atoms with van der Waals surface area (Å²) < 4.78 is 44.6. The highest BCUT2D eigenvalue weighted by atomic mass is 35.5. The number of halogens is 2. The van der Waals surface area contributed by atoms with Crippen LogP contribution in [-0.2, 0) is 21.4 Å². The monoisotopic (exact) mass is 442 g/mol. The summed E-state index contributed by atoms with van der Waals surface area (Å²) in [7, 11) is -3.82. The van der Waals surface area contributed by atoms with Crippen molar-refractivity contribution in [1.29, 1.82) is 0 Å². The fourth-order valence-corrected chi connectivity index (χ4v) is 4.24. The Morgan fingerprint density at radius 3 is 2.38 bits per heavy atom. The number of nitrogens with zero attached hydrogens (tertiary/aromatic N) is 1. The van der Waals surface area contributed by atoms with Crippen LogP contribution >= 0.6 is 11.6 Å². The topological polar surface area (TPSA) is 75.7 Å². The first kappa shape index (κ1) is 23.0. The number of carbonyl (C=O) groups excluding carboxylic acids is 1. The third kappa shape index (κ3) is 6.08. The van der Waals surface area contributed by atoms with Gasteiger partial charge in [-0.2, -0.15) is 0 Å². The van der Waals surface area contributed by atoms with Crippen molar-refractivity contribution in [3.05, 3.63) is 58.9 Å². The molecule has 0 fully saturated rings. The molecule has 0 heterocycles. The van der Waals surface area contributed by atoms with Crippen LogP contribution in [0.4, 0.5) is 10.1 Å². The molecule has 0 aliphatic rings.